The highest BCUT2D eigenvalue weighted by Gasteiger charge is 2.27. The van der Waals surface area contributed by atoms with Crippen molar-refractivity contribution in [2.24, 2.45) is 0 Å². The number of hydrogen-bond acceptors (Lipinski definition) is 7. The van der Waals surface area contributed by atoms with E-state index in [0.717, 1.165) is 74.0 Å². The molecule has 2 fully saturated rings. The Morgan fingerprint density at radius 3 is 2.59 bits per heavy atom. The molecule has 0 unspecified atom stereocenters. The van der Waals surface area contributed by atoms with E-state index < -0.39 is 0 Å². The molecule has 2 aliphatic rings. The molecule has 1 saturated heterocycles. The molecule has 2 aromatic heterocycles. The van der Waals surface area contributed by atoms with Crippen LogP contribution in [0.5, 0.6) is 5.88 Å². The molecule has 3 heterocycles. The fourth-order valence-electron chi connectivity index (χ4n) is 4.27. The van der Waals surface area contributed by atoms with Gasteiger partial charge >= 0.3 is 0 Å². The van der Waals surface area contributed by atoms with Crippen LogP contribution in [-0.4, -0.2) is 40.3 Å². The van der Waals surface area contributed by atoms with E-state index in [4.69, 9.17) is 14.5 Å². The fourth-order valence-corrected chi connectivity index (χ4v) is 5.21. The minimum absolute atomic E-state index is 0.207. The van der Waals surface area contributed by atoms with Crippen LogP contribution in [0.1, 0.15) is 50.1 Å². The largest absolute Gasteiger partial charge is 0.473 e. The highest BCUT2D eigenvalue weighted by Crippen LogP contribution is 2.33. The Labute approximate surface area is 174 Å². The Morgan fingerprint density at radius 2 is 1.76 bits per heavy atom. The number of nitrogens with one attached hydrogen (secondary N) is 1. The zero-order valence-corrected chi connectivity index (χ0v) is 17.2. The molecule has 3 aromatic rings. The molecule has 0 bridgehead atoms. The Hall–Kier alpha value is -2.25. The molecule has 0 amide bonds. The topological polar surface area (TPSA) is 69.2 Å². The summed E-state index contributed by atoms with van der Waals surface area (Å²) >= 11 is 1.73. The van der Waals surface area contributed by atoms with Crippen LogP contribution in [0.2, 0.25) is 0 Å². The van der Waals surface area contributed by atoms with Crippen LogP contribution in [0.3, 0.4) is 0 Å². The van der Waals surface area contributed by atoms with Gasteiger partial charge in [-0.2, -0.15) is 0 Å². The second-order valence-electron chi connectivity index (χ2n) is 7.86. The number of hydrogen-bond donors (Lipinski definition) is 1. The molecule has 1 saturated carbocycles. The van der Waals surface area contributed by atoms with Crippen LogP contribution in [0.4, 0.5) is 5.13 Å². The van der Waals surface area contributed by atoms with E-state index in [0.29, 0.717) is 12.0 Å². The normalized spacial score (nSPS) is 23.2. The number of benzene rings is 1. The Bertz CT molecular complexity index is 916. The van der Waals surface area contributed by atoms with Crippen LogP contribution < -0.4 is 10.1 Å². The highest BCUT2D eigenvalue weighted by atomic mass is 32.1. The van der Waals surface area contributed by atoms with Crippen LogP contribution in [0, 0.1) is 0 Å². The molecule has 1 N–H and O–H groups in total. The molecule has 1 aromatic carbocycles. The summed E-state index contributed by atoms with van der Waals surface area (Å²) in [6.07, 6.45) is 9.90. The first-order chi connectivity index (χ1) is 14.3. The lowest BCUT2D eigenvalue weighted by Gasteiger charge is -2.30. The van der Waals surface area contributed by atoms with Gasteiger partial charge in [-0.25, -0.2) is 9.97 Å². The molecule has 0 radical (unpaired) electrons. The van der Waals surface area contributed by atoms with Crippen molar-refractivity contribution in [1.29, 1.82) is 0 Å². The molecule has 5 rings (SSSR count). The lowest BCUT2D eigenvalue weighted by atomic mass is 9.93. The highest BCUT2D eigenvalue weighted by molar-refractivity contribution is 7.22. The van der Waals surface area contributed by atoms with Crippen LogP contribution in [-0.2, 0) is 4.74 Å². The van der Waals surface area contributed by atoms with Gasteiger partial charge in [0, 0.05) is 37.6 Å². The number of para-hydroxylation sites is 1. The third kappa shape index (κ3) is 4.36. The summed E-state index contributed by atoms with van der Waals surface area (Å²) < 4.78 is 13.1. The van der Waals surface area contributed by atoms with Gasteiger partial charge in [0.25, 0.3) is 0 Å². The first-order valence-electron chi connectivity index (χ1n) is 10.5. The van der Waals surface area contributed by atoms with Crippen molar-refractivity contribution < 1.29 is 9.47 Å². The van der Waals surface area contributed by atoms with E-state index in [1.54, 1.807) is 23.7 Å². The zero-order chi connectivity index (χ0) is 19.5. The van der Waals surface area contributed by atoms with E-state index in [1.165, 1.54) is 4.70 Å². The predicted molar refractivity (Wildman–Crippen MR) is 115 cm³/mol. The van der Waals surface area contributed by atoms with Gasteiger partial charge in [-0.15, -0.1) is 0 Å². The number of thiazole rings is 1. The SMILES string of the molecule is c1ccc2sc(N[C@H]3CC[C@H](Oc4nccnc4C4CCOCC4)CC3)nc2c1. The lowest BCUT2D eigenvalue weighted by molar-refractivity contribution is 0.0818. The van der Waals surface area contributed by atoms with Gasteiger partial charge in [-0.3, -0.25) is 4.98 Å². The van der Waals surface area contributed by atoms with Crippen molar-refractivity contribution in [1.82, 2.24) is 15.0 Å². The maximum absolute atomic E-state index is 6.33. The maximum atomic E-state index is 6.33. The summed E-state index contributed by atoms with van der Waals surface area (Å²) in [6, 6.07) is 8.74. The van der Waals surface area contributed by atoms with Crippen molar-refractivity contribution in [2.75, 3.05) is 18.5 Å². The Kier molecular flexibility index (Phi) is 5.58. The summed E-state index contributed by atoms with van der Waals surface area (Å²) in [7, 11) is 0. The van der Waals surface area contributed by atoms with Gasteiger partial charge in [-0.1, -0.05) is 23.5 Å². The van der Waals surface area contributed by atoms with Crippen molar-refractivity contribution in [3.63, 3.8) is 0 Å². The zero-order valence-electron chi connectivity index (χ0n) is 16.4. The fraction of sp³-hybridized carbons (Fsp3) is 0.500. The van der Waals surface area contributed by atoms with Gasteiger partial charge < -0.3 is 14.8 Å². The average Bonchev–Trinajstić information content (AvgIpc) is 3.18. The number of rotatable bonds is 5. The van der Waals surface area contributed by atoms with Crippen molar-refractivity contribution in [3.8, 4) is 5.88 Å². The second kappa shape index (κ2) is 8.63. The van der Waals surface area contributed by atoms with E-state index in [-0.39, 0.29) is 6.10 Å². The monoisotopic (exact) mass is 410 g/mol. The van der Waals surface area contributed by atoms with Gasteiger partial charge in [0.15, 0.2) is 5.13 Å². The number of ether oxygens (including phenoxy) is 2. The van der Waals surface area contributed by atoms with Gasteiger partial charge in [0.05, 0.1) is 10.2 Å². The van der Waals surface area contributed by atoms with Crippen LogP contribution in [0.15, 0.2) is 36.7 Å². The molecule has 29 heavy (non-hydrogen) atoms. The van der Waals surface area contributed by atoms with Gasteiger partial charge in [0.1, 0.15) is 11.8 Å². The summed E-state index contributed by atoms with van der Waals surface area (Å²) in [6.45, 7) is 1.59. The van der Waals surface area contributed by atoms with Gasteiger partial charge in [-0.05, 0) is 50.7 Å². The molecular weight excluding hydrogens is 384 g/mol. The first-order valence-corrected chi connectivity index (χ1v) is 11.3. The Balaban J connectivity index is 1.18. The predicted octanol–water partition coefficient (Wildman–Crippen LogP) is 4.78. The van der Waals surface area contributed by atoms with Crippen molar-refractivity contribution >= 4 is 26.7 Å². The maximum Gasteiger partial charge on any atom is 0.236 e. The molecule has 1 aliphatic carbocycles. The quantitative estimate of drug-likeness (QED) is 0.653. The third-order valence-corrected chi connectivity index (χ3v) is 6.84. The minimum atomic E-state index is 0.207. The molecule has 7 heteroatoms. The van der Waals surface area contributed by atoms with E-state index in [2.05, 4.69) is 33.5 Å². The van der Waals surface area contributed by atoms with Crippen molar-refractivity contribution in [3.05, 3.63) is 42.4 Å². The first kappa shape index (κ1) is 18.8. The van der Waals surface area contributed by atoms with Gasteiger partial charge in [0.2, 0.25) is 5.88 Å². The average molecular weight is 411 g/mol. The number of aromatic nitrogens is 3. The molecule has 0 spiro atoms. The van der Waals surface area contributed by atoms with Crippen molar-refractivity contribution in [2.45, 2.75) is 56.6 Å². The van der Waals surface area contributed by atoms with Crippen LogP contribution in [0.25, 0.3) is 10.2 Å². The summed E-state index contributed by atoms with van der Waals surface area (Å²) in [5.41, 5.74) is 2.07. The van der Waals surface area contributed by atoms with E-state index >= 15 is 0 Å². The van der Waals surface area contributed by atoms with E-state index in [9.17, 15) is 0 Å². The Morgan fingerprint density at radius 1 is 0.966 bits per heavy atom. The number of nitrogens with zero attached hydrogens (tertiary/aromatic N) is 3. The molecule has 1 aliphatic heterocycles. The summed E-state index contributed by atoms with van der Waals surface area (Å²) in [4.78, 5) is 13.8. The smallest absolute Gasteiger partial charge is 0.236 e. The summed E-state index contributed by atoms with van der Waals surface area (Å²) in [5, 5.41) is 4.65. The molecular formula is C22H26N4O2S. The summed E-state index contributed by atoms with van der Waals surface area (Å²) in [5.74, 6) is 1.12. The minimum Gasteiger partial charge on any atom is -0.473 e. The molecule has 6 nitrogen and oxygen atoms in total. The standard InChI is InChI=1S/C22H26N4O2S/c1-2-4-19-18(3-1)26-22(29-19)25-16-5-7-17(8-6-16)28-21-20(23-11-12-24-21)15-9-13-27-14-10-15/h1-4,11-12,15-17H,5-10,13-14H2,(H,25,26)/t16-,17-. The number of fused-ring (bicyclic) bond motifs is 1. The number of anilines is 1. The van der Waals surface area contributed by atoms with E-state index in [1.807, 2.05) is 6.07 Å². The molecule has 152 valence electrons. The van der Waals surface area contributed by atoms with Crippen LogP contribution >= 0.6 is 11.3 Å². The third-order valence-electron chi connectivity index (χ3n) is 5.87. The second-order valence-corrected chi connectivity index (χ2v) is 8.89. The molecule has 0 atom stereocenters. The lowest BCUT2D eigenvalue weighted by Crippen LogP contribution is -2.31.